The van der Waals surface area contributed by atoms with Crippen molar-refractivity contribution in [2.45, 2.75) is 38.8 Å². The van der Waals surface area contributed by atoms with Crippen molar-refractivity contribution in [2.75, 3.05) is 7.11 Å². The smallest absolute Gasteiger partial charge is 0.124 e. The van der Waals surface area contributed by atoms with E-state index in [1.54, 1.807) is 7.11 Å². The first kappa shape index (κ1) is 12.2. The van der Waals surface area contributed by atoms with Crippen LogP contribution < -0.4 is 15.2 Å². The average molecular weight is 235 g/mol. The molecular formula is C14H21NO2. The topological polar surface area (TPSA) is 44.5 Å². The summed E-state index contributed by atoms with van der Waals surface area (Å²) in [5, 5.41) is 0. The molecule has 0 fully saturated rings. The Morgan fingerprint density at radius 2 is 2.29 bits per heavy atom. The molecule has 17 heavy (non-hydrogen) atoms. The van der Waals surface area contributed by atoms with Gasteiger partial charge in [0.1, 0.15) is 17.6 Å². The lowest BCUT2D eigenvalue weighted by Crippen LogP contribution is -2.34. The summed E-state index contributed by atoms with van der Waals surface area (Å²) in [6.07, 6.45) is 2.23. The van der Waals surface area contributed by atoms with Crippen LogP contribution in [0.1, 0.15) is 38.3 Å². The number of ether oxygens (including phenoxy) is 2. The van der Waals surface area contributed by atoms with Crippen LogP contribution in [-0.2, 0) is 0 Å². The number of fused-ring (bicyclic) bond motifs is 1. The van der Waals surface area contributed by atoms with Crippen LogP contribution in [0.2, 0.25) is 0 Å². The monoisotopic (exact) mass is 235 g/mol. The summed E-state index contributed by atoms with van der Waals surface area (Å²) in [6.45, 7) is 4.40. The Balaban J connectivity index is 2.25. The van der Waals surface area contributed by atoms with E-state index in [0.717, 1.165) is 29.9 Å². The fourth-order valence-corrected chi connectivity index (χ4v) is 2.25. The van der Waals surface area contributed by atoms with Gasteiger partial charge in [-0.2, -0.15) is 0 Å². The summed E-state index contributed by atoms with van der Waals surface area (Å²) in [6, 6.07) is 5.91. The highest BCUT2D eigenvalue weighted by molar-refractivity contribution is 5.43. The summed E-state index contributed by atoms with van der Waals surface area (Å²) in [5.74, 6) is 2.29. The molecule has 1 aliphatic heterocycles. The van der Waals surface area contributed by atoms with E-state index in [4.69, 9.17) is 15.2 Å². The molecule has 1 aliphatic rings. The van der Waals surface area contributed by atoms with Crippen molar-refractivity contribution < 1.29 is 9.47 Å². The van der Waals surface area contributed by atoms with E-state index in [2.05, 4.69) is 13.8 Å². The molecular weight excluding hydrogens is 214 g/mol. The van der Waals surface area contributed by atoms with Crippen molar-refractivity contribution >= 4 is 0 Å². The first-order chi connectivity index (χ1) is 8.15. The number of hydrogen-bond acceptors (Lipinski definition) is 3. The zero-order chi connectivity index (χ0) is 12.4. The second-order valence-corrected chi connectivity index (χ2v) is 4.79. The van der Waals surface area contributed by atoms with E-state index in [-0.39, 0.29) is 12.1 Å². The minimum Gasteiger partial charge on any atom is -0.497 e. The van der Waals surface area contributed by atoms with E-state index in [9.17, 15) is 0 Å². The quantitative estimate of drug-likeness (QED) is 0.876. The maximum absolute atomic E-state index is 6.22. The Bertz CT molecular complexity index is 392. The van der Waals surface area contributed by atoms with Crippen LogP contribution in [0.4, 0.5) is 0 Å². The molecule has 3 atom stereocenters. The number of hydrogen-bond donors (Lipinski definition) is 1. The van der Waals surface area contributed by atoms with Crippen molar-refractivity contribution in [3.63, 3.8) is 0 Å². The molecule has 0 aromatic heterocycles. The molecule has 94 valence electrons. The first-order valence-corrected chi connectivity index (χ1v) is 6.25. The number of nitrogens with two attached hydrogens (primary N) is 1. The average Bonchev–Trinajstić information content (AvgIpc) is 2.37. The Labute approximate surface area is 103 Å². The Morgan fingerprint density at radius 1 is 1.53 bits per heavy atom. The fourth-order valence-electron chi connectivity index (χ4n) is 2.25. The van der Waals surface area contributed by atoms with Crippen molar-refractivity contribution in [2.24, 2.45) is 11.7 Å². The molecule has 3 heteroatoms. The molecule has 3 nitrogen and oxygen atoms in total. The third-order valence-corrected chi connectivity index (χ3v) is 3.66. The highest BCUT2D eigenvalue weighted by Crippen LogP contribution is 2.38. The number of rotatable bonds is 3. The van der Waals surface area contributed by atoms with Gasteiger partial charge in [-0.3, -0.25) is 0 Å². The highest BCUT2D eigenvalue weighted by Gasteiger charge is 2.29. The predicted octanol–water partition coefficient (Wildman–Crippen LogP) is 2.89. The molecule has 0 bridgehead atoms. The summed E-state index contributed by atoms with van der Waals surface area (Å²) in [4.78, 5) is 0. The summed E-state index contributed by atoms with van der Waals surface area (Å²) < 4.78 is 11.2. The highest BCUT2D eigenvalue weighted by atomic mass is 16.5. The molecule has 0 aliphatic carbocycles. The summed E-state index contributed by atoms with van der Waals surface area (Å²) >= 11 is 0. The van der Waals surface area contributed by atoms with Gasteiger partial charge in [-0.15, -0.1) is 0 Å². The number of benzene rings is 1. The van der Waals surface area contributed by atoms with Crippen molar-refractivity contribution in [1.29, 1.82) is 0 Å². The van der Waals surface area contributed by atoms with Crippen LogP contribution in [0.5, 0.6) is 11.5 Å². The van der Waals surface area contributed by atoms with Gasteiger partial charge in [-0.05, 0) is 24.1 Å². The van der Waals surface area contributed by atoms with E-state index >= 15 is 0 Å². The molecule has 1 heterocycles. The predicted molar refractivity (Wildman–Crippen MR) is 68.4 cm³/mol. The van der Waals surface area contributed by atoms with Crippen molar-refractivity contribution in [3.05, 3.63) is 23.8 Å². The van der Waals surface area contributed by atoms with Crippen LogP contribution in [0.3, 0.4) is 0 Å². The largest absolute Gasteiger partial charge is 0.497 e. The Kier molecular flexibility index (Phi) is 3.57. The van der Waals surface area contributed by atoms with Crippen LogP contribution in [0, 0.1) is 5.92 Å². The molecule has 0 spiro atoms. The molecule has 2 N–H and O–H groups in total. The van der Waals surface area contributed by atoms with Gasteiger partial charge in [0.15, 0.2) is 0 Å². The van der Waals surface area contributed by atoms with Gasteiger partial charge in [0.2, 0.25) is 0 Å². The molecule has 0 radical (unpaired) electrons. The zero-order valence-electron chi connectivity index (χ0n) is 10.8. The van der Waals surface area contributed by atoms with Gasteiger partial charge < -0.3 is 15.2 Å². The van der Waals surface area contributed by atoms with Gasteiger partial charge in [0.05, 0.1) is 7.11 Å². The van der Waals surface area contributed by atoms with Gasteiger partial charge >= 0.3 is 0 Å². The Hall–Kier alpha value is -1.22. The zero-order valence-corrected chi connectivity index (χ0v) is 10.8. The molecule has 1 aromatic carbocycles. The SMILES string of the molecule is CCC(C)C1C[C@H](N)c2cc(OC)ccc2O1. The second-order valence-electron chi connectivity index (χ2n) is 4.79. The lowest BCUT2D eigenvalue weighted by atomic mass is 9.90. The van der Waals surface area contributed by atoms with Crippen molar-refractivity contribution in [3.8, 4) is 11.5 Å². The van der Waals surface area contributed by atoms with E-state index < -0.39 is 0 Å². The number of methoxy groups -OCH3 is 1. The third kappa shape index (κ3) is 2.39. The van der Waals surface area contributed by atoms with Gasteiger partial charge in [-0.25, -0.2) is 0 Å². The lowest BCUT2D eigenvalue weighted by molar-refractivity contribution is 0.105. The summed E-state index contributed by atoms with van der Waals surface area (Å²) in [5.41, 5.74) is 7.28. The molecule has 1 aromatic rings. The van der Waals surface area contributed by atoms with E-state index in [1.807, 2.05) is 18.2 Å². The minimum absolute atomic E-state index is 0.0489. The maximum atomic E-state index is 6.22. The van der Waals surface area contributed by atoms with Gasteiger partial charge in [0, 0.05) is 18.0 Å². The van der Waals surface area contributed by atoms with Crippen LogP contribution >= 0.6 is 0 Å². The van der Waals surface area contributed by atoms with Crippen molar-refractivity contribution in [1.82, 2.24) is 0 Å². The van der Waals surface area contributed by atoms with Gasteiger partial charge in [-0.1, -0.05) is 20.3 Å². The Morgan fingerprint density at radius 3 is 2.94 bits per heavy atom. The molecule has 0 amide bonds. The fraction of sp³-hybridized carbons (Fsp3) is 0.571. The molecule has 0 saturated heterocycles. The molecule has 2 rings (SSSR count). The normalized spacial score (nSPS) is 24.7. The van der Waals surface area contributed by atoms with Crippen LogP contribution in [-0.4, -0.2) is 13.2 Å². The summed E-state index contributed by atoms with van der Waals surface area (Å²) in [7, 11) is 1.67. The third-order valence-electron chi connectivity index (χ3n) is 3.66. The second kappa shape index (κ2) is 4.96. The van der Waals surface area contributed by atoms with Crippen LogP contribution in [0.25, 0.3) is 0 Å². The minimum atomic E-state index is 0.0489. The molecule has 0 saturated carbocycles. The van der Waals surface area contributed by atoms with Gasteiger partial charge in [0.25, 0.3) is 0 Å². The lowest BCUT2D eigenvalue weighted by Gasteiger charge is -2.33. The van der Waals surface area contributed by atoms with E-state index in [0.29, 0.717) is 5.92 Å². The molecule has 2 unspecified atom stereocenters. The van der Waals surface area contributed by atoms with Crippen LogP contribution in [0.15, 0.2) is 18.2 Å². The maximum Gasteiger partial charge on any atom is 0.124 e. The standard InChI is InChI=1S/C14H21NO2/c1-4-9(2)14-8-12(15)11-7-10(16-3)5-6-13(11)17-14/h5-7,9,12,14H,4,8,15H2,1-3H3/t9?,12-,14?/m0/s1. The first-order valence-electron chi connectivity index (χ1n) is 6.25. The van der Waals surface area contributed by atoms with E-state index in [1.165, 1.54) is 0 Å².